The van der Waals surface area contributed by atoms with Gasteiger partial charge in [-0.3, -0.25) is 9.97 Å². The van der Waals surface area contributed by atoms with E-state index >= 15 is 0 Å². The van der Waals surface area contributed by atoms with Crippen molar-refractivity contribution in [2.45, 2.75) is 25.3 Å². The van der Waals surface area contributed by atoms with Gasteiger partial charge in [-0.15, -0.1) is 0 Å². The van der Waals surface area contributed by atoms with Crippen molar-refractivity contribution in [3.05, 3.63) is 42.2 Å². The summed E-state index contributed by atoms with van der Waals surface area (Å²) < 4.78 is 29.5. The molecular formula is C15H18N2O3S. The molecule has 0 unspecified atom stereocenters. The average molecular weight is 306 g/mol. The second kappa shape index (κ2) is 6.78. The molecule has 0 aromatic carbocycles. The van der Waals surface area contributed by atoms with Crippen LogP contribution in [0, 0.1) is 0 Å². The lowest BCUT2D eigenvalue weighted by atomic mass is 10.2. The van der Waals surface area contributed by atoms with Crippen LogP contribution in [0.5, 0.6) is 0 Å². The van der Waals surface area contributed by atoms with Gasteiger partial charge in [0.1, 0.15) is 5.69 Å². The number of hydrogen-bond donors (Lipinski definition) is 0. The maximum absolute atomic E-state index is 12.1. The maximum Gasteiger partial charge on any atom is 0.180 e. The van der Waals surface area contributed by atoms with Gasteiger partial charge in [0.25, 0.3) is 0 Å². The van der Waals surface area contributed by atoms with E-state index in [0.29, 0.717) is 24.6 Å². The van der Waals surface area contributed by atoms with Gasteiger partial charge in [0.15, 0.2) is 9.84 Å². The lowest BCUT2D eigenvalue weighted by Gasteiger charge is -2.08. The summed E-state index contributed by atoms with van der Waals surface area (Å²) in [7, 11) is -3.33. The Kier molecular flexibility index (Phi) is 5.03. The van der Waals surface area contributed by atoms with E-state index in [9.17, 15) is 8.42 Å². The molecule has 0 saturated heterocycles. The number of sulfone groups is 1. The summed E-state index contributed by atoms with van der Waals surface area (Å²) in [6, 6.07) is 6.83. The summed E-state index contributed by atoms with van der Waals surface area (Å²) in [6.45, 7) is 4.68. The van der Waals surface area contributed by atoms with Crippen molar-refractivity contribution in [3.63, 3.8) is 0 Å². The standard InChI is InChI=1S/C15H18N2O3S/c1-3-20-11-12-7-8-13(17-10-12)15-14(6-5-9-16-15)21(18,19)4-2/h5-10H,3-4,11H2,1-2H3. The van der Waals surface area contributed by atoms with E-state index in [2.05, 4.69) is 9.97 Å². The van der Waals surface area contributed by atoms with Crippen molar-refractivity contribution in [3.8, 4) is 11.4 Å². The first kappa shape index (κ1) is 15.6. The fraction of sp³-hybridized carbons (Fsp3) is 0.333. The number of ether oxygens (including phenoxy) is 1. The van der Waals surface area contributed by atoms with E-state index in [1.165, 1.54) is 0 Å². The fourth-order valence-electron chi connectivity index (χ4n) is 1.86. The molecule has 0 N–H and O–H groups in total. The molecule has 0 aliphatic heterocycles. The Labute approximate surface area is 124 Å². The lowest BCUT2D eigenvalue weighted by Crippen LogP contribution is -2.07. The molecule has 2 aromatic rings. The van der Waals surface area contributed by atoms with Crippen LogP contribution in [-0.2, 0) is 21.2 Å². The smallest absolute Gasteiger partial charge is 0.180 e. The van der Waals surface area contributed by atoms with E-state index in [-0.39, 0.29) is 10.6 Å². The van der Waals surface area contributed by atoms with Crippen molar-refractivity contribution < 1.29 is 13.2 Å². The van der Waals surface area contributed by atoms with E-state index in [4.69, 9.17) is 4.74 Å². The van der Waals surface area contributed by atoms with Gasteiger partial charge < -0.3 is 4.74 Å². The molecule has 0 fully saturated rings. The van der Waals surface area contributed by atoms with Gasteiger partial charge in [-0.05, 0) is 30.7 Å². The topological polar surface area (TPSA) is 69.2 Å². The molecule has 0 aliphatic rings. The molecular weight excluding hydrogens is 288 g/mol. The van der Waals surface area contributed by atoms with Crippen molar-refractivity contribution in [1.82, 2.24) is 9.97 Å². The zero-order chi connectivity index (χ0) is 15.3. The maximum atomic E-state index is 12.1. The Morgan fingerprint density at radius 3 is 2.57 bits per heavy atom. The SMILES string of the molecule is CCOCc1ccc(-c2ncccc2S(=O)(=O)CC)nc1. The van der Waals surface area contributed by atoms with Crippen molar-refractivity contribution in [2.24, 2.45) is 0 Å². The lowest BCUT2D eigenvalue weighted by molar-refractivity contribution is 0.134. The Hall–Kier alpha value is -1.79. The summed E-state index contributed by atoms with van der Waals surface area (Å²) in [4.78, 5) is 8.71. The van der Waals surface area contributed by atoms with Crippen LogP contribution in [-0.4, -0.2) is 30.7 Å². The van der Waals surface area contributed by atoms with Crippen molar-refractivity contribution >= 4 is 9.84 Å². The molecule has 2 heterocycles. The number of aromatic nitrogens is 2. The Morgan fingerprint density at radius 2 is 1.95 bits per heavy atom. The van der Waals surface area contributed by atoms with Crippen molar-refractivity contribution in [1.29, 1.82) is 0 Å². The first-order valence-electron chi connectivity index (χ1n) is 6.79. The summed E-state index contributed by atoms with van der Waals surface area (Å²) in [5.74, 6) is 0.0358. The van der Waals surface area contributed by atoms with E-state index in [1.54, 1.807) is 37.5 Å². The second-order valence-electron chi connectivity index (χ2n) is 4.44. The van der Waals surface area contributed by atoms with Crippen LogP contribution >= 0.6 is 0 Å². The predicted octanol–water partition coefficient (Wildman–Crippen LogP) is 2.47. The Balaban J connectivity index is 2.39. The van der Waals surface area contributed by atoms with Gasteiger partial charge in [-0.2, -0.15) is 0 Å². The van der Waals surface area contributed by atoms with Crippen molar-refractivity contribution in [2.75, 3.05) is 12.4 Å². The van der Waals surface area contributed by atoms with Crippen LogP contribution < -0.4 is 0 Å². The second-order valence-corrected chi connectivity index (χ2v) is 6.69. The minimum Gasteiger partial charge on any atom is -0.377 e. The summed E-state index contributed by atoms with van der Waals surface area (Å²) in [5.41, 5.74) is 1.88. The van der Waals surface area contributed by atoms with Crippen LogP contribution in [0.25, 0.3) is 11.4 Å². The highest BCUT2D eigenvalue weighted by Crippen LogP contribution is 2.24. The van der Waals surface area contributed by atoms with E-state index < -0.39 is 9.84 Å². The van der Waals surface area contributed by atoms with Crippen LogP contribution in [0.3, 0.4) is 0 Å². The first-order valence-corrected chi connectivity index (χ1v) is 8.44. The zero-order valence-electron chi connectivity index (χ0n) is 12.1. The molecule has 5 nitrogen and oxygen atoms in total. The third kappa shape index (κ3) is 3.65. The highest BCUT2D eigenvalue weighted by molar-refractivity contribution is 7.91. The number of nitrogens with zero attached hydrogens (tertiary/aromatic N) is 2. The quantitative estimate of drug-likeness (QED) is 0.820. The van der Waals surface area contributed by atoms with E-state index in [1.807, 2.05) is 13.0 Å². The third-order valence-corrected chi connectivity index (χ3v) is 4.79. The average Bonchev–Trinajstić information content (AvgIpc) is 2.53. The number of rotatable bonds is 6. The van der Waals surface area contributed by atoms with Gasteiger partial charge in [0.2, 0.25) is 0 Å². The van der Waals surface area contributed by atoms with Gasteiger partial charge in [-0.1, -0.05) is 13.0 Å². The van der Waals surface area contributed by atoms with Gasteiger partial charge in [0, 0.05) is 19.0 Å². The Bertz CT molecular complexity index is 697. The van der Waals surface area contributed by atoms with Crippen LogP contribution in [0.4, 0.5) is 0 Å². The third-order valence-electron chi connectivity index (χ3n) is 3.03. The molecule has 2 rings (SSSR count). The molecule has 0 amide bonds. The molecule has 2 aromatic heterocycles. The minimum absolute atomic E-state index is 0.0358. The molecule has 0 aliphatic carbocycles. The van der Waals surface area contributed by atoms with Crippen LogP contribution in [0.1, 0.15) is 19.4 Å². The molecule has 6 heteroatoms. The molecule has 0 bridgehead atoms. The fourth-order valence-corrected chi connectivity index (χ4v) is 2.91. The first-order chi connectivity index (χ1) is 10.1. The largest absolute Gasteiger partial charge is 0.377 e. The monoisotopic (exact) mass is 306 g/mol. The summed E-state index contributed by atoms with van der Waals surface area (Å²) >= 11 is 0. The number of pyridine rings is 2. The molecule has 112 valence electrons. The molecule has 0 spiro atoms. The normalized spacial score (nSPS) is 11.5. The molecule has 0 radical (unpaired) electrons. The molecule has 0 saturated carbocycles. The summed E-state index contributed by atoms with van der Waals surface area (Å²) in [5, 5.41) is 0. The minimum atomic E-state index is -3.33. The number of hydrogen-bond acceptors (Lipinski definition) is 5. The Morgan fingerprint density at radius 1 is 1.14 bits per heavy atom. The highest BCUT2D eigenvalue weighted by Gasteiger charge is 2.19. The van der Waals surface area contributed by atoms with Gasteiger partial charge in [0.05, 0.1) is 22.9 Å². The highest BCUT2D eigenvalue weighted by atomic mass is 32.2. The molecule has 21 heavy (non-hydrogen) atoms. The van der Waals surface area contributed by atoms with Gasteiger partial charge >= 0.3 is 0 Å². The molecule has 0 atom stereocenters. The zero-order valence-corrected chi connectivity index (χ0v) is 12.9. The summed E-state index contributed by atoms with van der Waals surface area (Å²) in [6.07, 6.45) is 3.25. The van der Waals surface area contributed by atoms with Crippen LogP contribution in [0.15, 0.2) is 41.6 Å². The van der Waals surface area contributed by atoms with E-state index in [0.717, 1.165) is 5.56 Å². The van der Waals surface area contributed by atoms with Crippen LogP contribution in [0.2, 0.25) is 0 Å². The van der Waals surface area contributed by atoms with Gasteiger partial charge in [-0.25, -0.2) is 8.42 Å². The predicted molar refractivity (Wildman–Crippen MR) is 80.5 cm³/mol.